The van der Waals surface area contributed by atoms with Gasteiger partial charge in [0, 0.05) is 19.8 Å². The number of unbranched alkanes of at least 4 members (excludes halogenated alkanes) is 3. The molecule has 3 nitrogen and oxygen atoms in total. The average Bonchev–Trinajstić information content (AvgIpc) is 3.20. The fourth-order valence-corrected chi connectivity index (χ4v) is 1.84. The summed E-state index contributed by atoms with van der Waals surface area (Å²) < 4.78 is 5.50. The maximum absolute atomic E-state index is 9.87. The van der Waals surface area contributed by atoms with Crippen LogP contribution in [0.3, 0.4) is 0 Å². The van der Waals surface area contributed by atoms with Gasteiger partial charge in [-0.2, -0.15) is 12.1 Å². The van der Waals surface area contributed by atoms with Gasteiger partial charge >= 0.3 is 17.1 Å². The van der Waals surface area contributed by atoms with Crippen molar-refractivity contribution in [2.75, 3.05) is 13.2 Å². The second-order valence-electron chi connectivity index (χ2n) is 4.82. The van der Waals surface area contributed by atoms with E-state index in [4.69, 9.17) is 9.84 Å². The van der Waals surface area contributed by atoms with Gasteiger partial charge in [-0.05, 0) is 18.4 Å². The van der Waals surface area contributed by atoms with E-state index in [0.717, 1.165) is 50.7 Å². The van der Waals surface area contributed by atoms with Crippen molar-refractivity contribution in [3.05, 3.63) is 66.0 Å². The molecule has 0 amide bonds. The van der Waals surface area contributed by atoms with Crippen molar-refractivity contribution in [1.29, 1.82) is 0 Å². The molecule has 0 atom stereocenters. The van der Waals surface area contributed by atoms with Crippen molar-refractivity contribution in [3.8, 4) is 0 Å². The van der Waals surface area contributed by atoms with Crippen molar-refractivity contribution < 1.29 is 32.0 Å². The van der Waals surface area contributed by atoms with Crippen LogP contribution in [0.15, 0.2) is 60.4 Å². The van der Waals surface area contributed by atoms with Crippen LogP contribution in [0.25, 0.3) is 0 Å². The van der Waals surface area contributed by atoms with Gasteiger partial charge in [0.15, 0.2) is 0 Å². The van der Waals surface area contributed by atoms with E-state index in [9.17, 15) is 5.11 Å². The second kappa shape index (κ2) is 14.7. The van der Waals surface area contributed by atoms with Crippen molar-refractivity contribution in [3.63, 3.8) is 0 Å². The van der Waals surface area contributed by atoms with Crippen LogP contribution in [0, 0.1) is 0 Å². The first-order valence-corrected chi connectivity index (χ1v) is 7.43. The normalized spacial score (nSPS) is 11.8. The third-order valence-corrected chi connectivity index (χ3v) is 3.02. The fourth-order valence-electron chi connectivity index (χ4n) is 1.84. The SMILES string of the molecule is OCCCCCCOCc1ccc[cH-]1.[Fe+2].[O-]C=C1C=CC=C1. The van der Waals surface area contributed by atoms with E-state index >= 15 is 0 Å². The molecule has 1 aromatic carbocycles. The summed E-state index contributed by atoms with van der Waals surface area (Å²) in [5.41, 5.74) is 2.00. The first-order valence-electron chi connectivity index (χ1n) is 7.43. The minimum atomic E-state index is 0. The number of hydrogen-bond acceptors (Lipinski definition) is 3. The molecule has 0 saturated heterocycles. The molecule has 0 bridgehead atoms. The van der Waals surface area contributed by atoms with E-state index in [-0.39, 0.29) is 17.1 Å². The third kappa shape index (κ3) is 10.5. The number of hydrogen-bond donors (Lipinski definition) is 1. The Labute approximate surface area is 143 Å². The monoisotopic (exact) mass is 344 g/mol. The Morgan fingerprint density at radius 3 is 2.41 bits per heavy atom. The minimum absolute atomic E-state index is 0. The Morgan fingerprint density at radius 2 is 1.86 bits per heavy atom. The van der Waals surface area contributed by atoms with Crippen molar-refractivity contribution in [2.45, 2.75) is 32.3 Å². The molecule has 0 fully saturated rings. The Kier molecular flexibility index (Phi) is 13.9. The Bertz CT molecular complexity index is 419. The van der Waals surface area contributed by atoms with Crippen LogP contribution in [-0.4, -0.2) is 18.3 Å². The molecule has 0 aliphatic heterocycles. The molecule has 1 N–H and O–H groups in total. The Hall–Kier alpha value is -1.19. The summed E-state index contributed by atoms with van der Waals surface area (Å²) in [4.78, 5) is 0. The van der Waals surface area contributed by atoms with Crippen LogP contribution >= 0.6 is 0 Å². The molecule has 1 aliphatic carbocycles. The molecule has 0 saturated carbocycles. The maximum atomic E-state index is 9.87. The van der Waals surface area contributed by atoms with E-state index in [1.54, 1.807) is 12.2 Å². The zero-order valence-electron chi connectivity index (χ0n) is 12.8. The van der Waals surface area contributed by atoms with Gasteiger partial charge in [-0.25, -0.2) is 12.1 Å². The summed E-state index contributed by atoms with van der Waals surface area (Å²) in [7, 11) is 0. The molecule has 0 radical (unpaired) electrons. The maximum Gasteiger partial charge on any atom is 2.00 e. The molecule has 22 heavy (non-hydrogen) atoms. The molecule has 2 rings (SSSR count). The van der Waals surface area contributed by atoms with Crippen LogP contribution in [0.4, 0.5) is 0 Å². The van der Waals surface area contributed by atoms with Gasteiger partial charge in [0.25, 0.3) is 0 Å². The standard InChI is InChI=1S/C12H19O2.C6H6O.Fe/c13-9-5-1-2-6-10-14-11-12-7-3-4-8-12;7-5-6-3-1-2-4-6;/h3-4,7-8,13H,1-2,5-6,9-11H2;1-5,7H;/q-1;;+2/p-1. The van der Waals surface area contributed by atoms with E-state index in [0.29, 0.717) is 6.61 Å². The van der Waals surface area contributed by atoms with Crippen LogP contribution in [0.2, 0.25) is 0 Å². The largest absolute Gasteiger partial charge is 2.00 e. The molecule has 0 aromatic heterocycles. The smallest absolute Gasteiger partial charge is 0.877 e. The predicted octanol–water partition coefficient (Wildman–Crippen LogP) is 2.83. The molecule has 4 heteroatoms. The molecular weight excluding hydrogens is 320 g/mol. The Balaban J connectivity index is 0.000000465. The van der Waals surface area contributed by atoms with Gasteiger partial charge in [0.05, 0.1) is 0 Å². The fraction of sp³-hybridized carbons (Fsp3) is 0.389. The number of aliphatic hydroxyl groups is 1. The van der Waals surface area contributed by atoms with Gasteiger partial charge in [-0.1, -0.05) is 37.1 Å². The number of ether oxygens (including phenoxy) is 1. The summed E-state index contributed by atoms with van der Waals surface area (Å²) >= 11 is 0. The van der Waals surface area contributed by atoms with Crippen LogP contribution < -0.4 is 5.11 Å². The molecule has 0 heterocycles. The zero-order valence-corrected chi connectivity index (χ0v) is 13.9. The zero-order chi connectivity index (χ0) is 15.2. The average molecular weight is 344 g/mol. The first-order chi connectivity index (χ1) is 10.4. The quantitative estimate of drug-likeness (QED) is 0.341. The van der Waals surface area contributed by atoms with Crippen molar-refractivity contribution in [1.82, 2.24) is 0 Å². The van der Waals surface area contributed by atoms with Gasteiger partial charge < -0.3 is 14.9 Å². The van der Waals surface area contributed by atoms with Crippen LogP contribution in [-0.2, 0) is 28.4 Å². The second-order valence-corrected chi connectivity index (χ2v) is 4.82. The number of aliphatic hydroxyl groups excluding tert-OH is 1. The van der Waals surface area contributed by atoms with E-state index in [1.807, 2.05) is 24.3 Å². The van der Waals surface area contributed by atoms with Crippen LogP contribution in [0.5, 0.6) is 0 Å². The molecular formula is C18H24FeO3. The summed E-state index contributed by atoms with van der Waals surface area (Å²) in [5, 5.41) is 18.4. The predicted molar refractivity (Wildman–Crippen MR) is 83.6 cm³/mol. The van der Waals surface area contributed by atoms with E-state index < -0.39 is 0 Å². The Morgan fingerprint density at radius 1 is 1.14 bits per heavy atom. The van der Waals surface area contributed by atoms with Gasteiger partial charge in [0.1, 0.15) is 0 Å². The topological polar surface area (TPSA) is 52.5 Å². The van der Waals surface area contributed by atoms with E-state index in [1.165, 1.54) is 5.56 Å². The summed E-state index contributed by atoms with van der Waals surface area (Å²) in [5.74, 6) is 0. The van der Waals surface area contributed by atoms with Gasteiger partial charge in [-0.15, -0.1) is 11.8 Å². The third-order valence-electron chi connectivity index (χ3n) is 3.02. The first kappa shape index (κ1) is 20.8. The summed E-state index contributed by atoms with van der Waals surface area (Å²) in [6.45, 7) is 1.87. The molecule has 1 aromatic rings. The van der Waals surface area contributed by atoms with Gasteiger partial charge in [-0.3, -0.25) is 0 Å². The molecule has 122 valence electrons. The van der Waals surface area contributed by atoms with Gasteiger partial charge in [0.2, 0.25) is 0 Å². The summed E-state index contributed by atoms with van der Waals surface area (Å²) in [6, 6.07) is 8.21. The number of rotatable bonds is 8. The minimum Gasteiger partial charge on any atom is -0.877 e. The summed E-state index contributed by atoms with van der Waals surface area (Å²) in [6.07, 6.45) is 12.3. The molecule has 0 unspecified atom stereocenters. The molecule has 0 spiro atoms. The van der Waals surface area contributed by atoms with Crippen molar-refractivity contribution in [2.24, 2.45) is 0 Å². The van der Waals surface area contributed by atoms with Crippen molar-refractivity contribution >= 4 is 0 Å². The molecule has 1 aliphatic rings. The van der Waals surface area contributed by atoms with Crippen LogP contribution in [0.1, 0.15) is 31.2 Å². The van der Waals surface area contributed by atoms with E-state index in [2.05, 4.69) is 12.1 Å². The number of allylic oxidation sites excluding steroid dienone is 5.